The minimum Gasteiger partial charge on any atom is -0.318 e. The van der Waals surface area contributed by atoms with Gasteiger partial charge in [-0.05, 0) is 98.7 Å². The molecule has 32 heavy (non-hydrogen) atoms. The predicted molar refractivity (Wildman–Crippen MR) is 138 cm³/mol. The molecule has 162 valence electrons. The van der Waals surface area contributed by atoms with Crippen molar-refractivity contribution in [3.8, 4) is 5.69 Å². The van der Waals surface area contributed by atoms with E-state index >= 15 is 0 Å². The van der Waals surface area contributed by atoms with E-state index in [1.807, 2.05) is 63.2 Å². The molecule has 1 saturated heterocycles. The Hall–Kier alpha value is -2.55. The zero-order chi connectivity index (χ0) is 23.2. The van der Waals surface area contributed by atoms with E-state index < -0.39 is 11.8 Å². The maximum absolute atomic E-state index is 13.4. The van der Waals surface area contributed by atoms with Crippen molar-refractivity contribution in [2.24, 2.45) is 0 Å². The molecule has 4 rings (SSSR count). The maximum atomic E-state index is 13.4. The highest BCUT2D eigenvalue weighted by Gasteiger charge is 2.35. The lowest BCUT2D eigenvalue weighted by Gasteiger charge is -2.30. The third-order valence-corrected chi connectivity index (χ3v) is 6.66. The Kier molecular flexibility index (Phi) is 6.20. The van der Waals surface area contributed by atoms with Gasteiger partial charge in [-0.25, -0.2) is 0 Å². The number of nitrogens with one attached hydrogen (secondary N) is 1. The third kappa shape index (κ3) is 4.10. The molecule has 1 aliphatic heterocycles. The number of benzene rings is 2. The van der Waals surface area contributed by atoms with Crippen LogP contribution in [0.4, 0.5) is 5.69 Å². The minimum atomic E-state index is -0.501. The number of hydrogen-bond acceptors (Lipinski definition) is 3. The van der Waals surface area contributed by atoms with Gasteiger partial charge in [0.05, 0.1) is 5.69 Å². The van der Waals surface area contributed by atoms with Crippen LogP contribution in [0, 0.1) is 20.8 Å². The Morgan fingerprint density at radius 2 is 1.59 bits per heavy atom. The quantitative estimate of drug-likeness (QED) is 0.247. The summed E-state index contributed by atoms with van der Waals surface area (Å²) >= 11 is 12.2. The van der Waals surface area contributed by atoms with Crippen LogP contribution in [0.3, 0.4) is 0 Å². The van der Waals surface area contributed by atoms with Crippen LogP contribution in [0.2, 0.25) is 0 Å². The lowest BCUT2D eigenvalue weighted by atomic mass is 10.1. The van der Waals surface area contributed by atoms with E-state index in [0.717, 1.165) is 37.1 Å². The van der Waals surface area contributed by atoms with Crippen LogP contribution in [-0.4, -0.2) is 21.5 Å². The van der Waals surface area contributed by atoms with Gasteiger partial charge < -0.3 is 4.57 Å². The highest BCUT2D eigenvalue weighted by atomic mass is 79.9. The Bertz CT molecular complexity index is 1310. The summed E-state index contributed by atoms with van der Waals surface area (Å²) in [5, 5.41) is 2.73. The molecule has 3 aromatic rings. The summed E-state index contributed by atoms with van der Waals surface area (Å²) < 4.78 is 3.98. The topological polar surface area (TPSA) is 54.3 Å². The molecule has 8 heteroatoms. The first-order valence-electron chi connectivity index (χ1n) is 9.80. The first kappa shape index (κ1) is 22.6. The van der Waals surface area contributed by atoms with E-state index in [2.05, 4.69) is 41.7 Å². The van der Waals surface area contributed by atoms with Crippen molar-refractivity contribution in [1.82, 2.24) is 9.88 Å². The normalized spacial score (nSPS) is 15.5. The van der Waals surface area contributed by atoms with E-state index in [1.54, 1.807) is 12.1 Å². The average molecular weight is 573 g/mol. The molecule has 0 saturated carbocycles. The van der Waals surface area contributed by atoms with Gasteiger partial charge in [0.2, 0.25) is 0 Å². The molecular weight excluding hydrogens is 554 g/mol. The largest absolute Gasteiger partial charge is 0.318 e. The van der Waals surface area contributed by atoms with E-state index in [4.69, 9.17) is 12.2 Å². The summed E-state index contributed by atoms with van der Waals surface area (Å²) in [6.07, 6.45) is 1.64. The summed E-state index contributed by atoms with van der Waals surface area (Å²) in [5.41, 5.74) is 5.25. The van der Waals surface area contributed by atoms with E-state index in [9.17, 15) is 9.59 Å². The number of halogens is 2. The Morgan fingerprint density at radius 3 is 2.25 bits per heavy atom. The molecule has 0 atom stereocenters. The lowest BCUT2D eigenvalue weighted by Crippen LogP contribution is -2.54. The molecule has 1 N–H and O–H groups in total. The first-order chi connectivity index (χ1) is 15.2. The molecule has 0 spiro atoms. The Labute approximate surface area is 208 Å². The molecule has 1 fully saturated rings. The monoisotopic (exact) mass is 571 g/mol. The van der Waals surface area contributed by atoms with Crippen molar-refractivity contribution < 1.29 is 9.59 Å². The second-order valence-corrected chi connectivity index (χ2v) is 9.75. The number of aryl methyl sites for hydroxylation is 2. The number of carbonyl (C=O) groups excluding carboxylic acids is 2. The zero-order valence-corrected chi connectivity index (χ0v) is 21.6. The molecule has 0 bridgehead atoms. The van der Waals surface area contributed by atoms with Gasteiger partial charge in [-0.2, -0.15) is 0 Å². The SMILES string of the molecule is Cc1cc(Br)ccc1N1C(=O)/C(=C\c2cc(C)n(-c3ccc(Br)cc3)c2C)C(=O)NC1=S. The third-order valence-electron chi connectivity index (χ3n) is 5.36. The summed E-state index contributed by atoms with van der Waals surface area (Å²) in [7, 11) is 0. The number of rotatable bonds is 3. The number of carbonyl (C=O) groups is 2. The number of aromatic nitrogens is 1. The van der Waals surface area contributed by atoms with E-state index in [0.29, 0.717) is 5.69 Å². The summed E-state index contributed by atoms with van der Waals surface area (Å²) in [6.45, 7) is 5.85. The van der Waals surface area contributed by atoms with Gasteiger partial charge >= 0.3 is 0 Å². The van der Waals surface area contributed by atoms with Crippen LogP contribution in [0.15, 0.2) is 63.0 Å². The van der Waals surface area contributed by atoms with Crippen LogP contribution in [-0.2, 0) is 9.59 Å². The first-order valence-corrected chi connectivity index (χ1v) is 11.8. The number of hydrogen-bond donors (Lipinski definition) is 1. The number of thiocarbonyl (C=S) groups is 1. The van der Waals surface area contributed by atoms with Crippen molar-refractivity contribution in [2.45, 2.75) is 20.8 Å². The minimum absolute atomic E-state index is 0.0389. The fraction of sp³-hybridized carbons (Fsp3) is 0.125. The van der Waals surface area contributed by atoms with Gasteiger partial charge in [-0.15, -0.1) is 0 Å². The van der Waals surface area contributed by atoms with Gasteiger partial charge in [-0.3, -0.25) is 19.8 Å². The Balaban J connectivity index is 1.77. The standard InChI is InChI=1S/C24H19Br2N3O2S/c1-13-10-18(26)6-9-21(13)29-23(31)20(22(30)27-24(29)32)12-16-11-14(2)28(15(16)3)19-7-4-17(25)5-8-19/h4-12H,1-3H3,(H,27,30,32)/b20-12-. The smallest absolute Gasteiger partial charge is 0.270 e. The van der Waals surface area contributed by atoms with Gasteiger partial charge in [0.15, 0.2) is 5.11 Å². The van der Waals surface area contributed by atoms with Crippen molar-refractivity contribution in [3.05, 3.63) is 85.6 Å². The van der Waals surface area contributed by atoms with Crippen molar-refractivity contribution in [3.63, 3.8) is 0 Å². The fourth-order valence-electron chi connectivity index (χ4n) is 3.82. The van der Waals surface area contributed by atoms with Gasteiger partial charge in [-0.1, -0.05) is 31.9 Å². The molecule has 2 heterocycles. The molecular formula is C24H19Br2N3O2S. The van der Waals surface area contributed by atoms with Crippen molar-refractivity contribution >= 4 is 72.8 Å². The molecule has 5 nitrogen and oxygen atoms in total. The maximum Gasteiger partial charge on any atom is 0.270 e. The Morgan fingerprint density at radius 1 is 0.938 bits per heavy atom. The molecule has 0 aliphatic carbocycles. The molecule has 1 aromatic heterocycles. The fourth-order valence-corrected chi connectivity index (χ4v) is 4.84. The van der Waals surface area contributed by atoms with Crippen molar-refractivity contribution in [1.29, 1.82) is 0 Å². The van der Waals surface area contributed by atoms with Crippen LogP contribution < -0.4 is 10.2 Å². The zero-order valence-electron chi connectivity index (χ0n) is 17.6. The van der Waals surface area contributed by atoms with Crippen LogP contribution >= 0.6 is 44.1 Å². The van der Waals surface area contributed by atoms with Gasteiger partial charge in [0.1, 0.15) is 5.57 Å². The summed E-state index contributed by atoms with van der Waals surface area (Å²) in [5.74, 6) is -0.947. The van der Waals surface area contributed by atoms with Crippen LogP contribution in [0.25, 0.3) is 11.8 Å². The van der Waals surface area contributed by atoms with Crippen LogP contribution in [0.1, 0.15) is 22.5 Å². The van der Waals surface area contributed by atoms with E-state index in [1.165, 1.54) is 4.90 Å². The second-order valence-electron chi connectivity index (χ2n) is 7.53. The number of amides is 2. The number of anilines is 1. The highest BCUT2D eigenvalue weighted by molar-refractivity contribution is 9.10. The summed E-state index contributed by atoms with van der Waals surface area (Å²) in [4.78, 5) is 27.5. The van der Waals surface area contributed by atoms with E-state index in [-0.39, 0.29) is 10.7 Å². The van der Waals surface area contributed by atoms with Gasteiger partial charge in [0, 0.05) is 26.0 Å². The molecule has 2 amide bonds. The lowest BCUT2D eigenvalue weighted by molar-refractivity contribution is -0.122. The average Bonchev–Trinajstić information content (AvgIpc) is 3.00. The molecule has 2 aromatic carbocycles. The summed E-state index contributed by atoms with van der Waals surface area (Å²) in [6, 6.07) is 15.5. The number of nitrogens with zero attached hydrogens (tertiary/aromatic N) is 2. The molecule has 1 aliphatic rings. The van der Waals surface area contributed by atoms with Gasteiger partial charge in [0.25, 0.3) is 11.8 Å². The molecule has 0 radical (unpaired) electrons. The van der Waals surface area contributed by atoms with Crippen molar-refractivity contribution in [2.75, 3.05) is 4.90 Å². The molecule has 0 unspecified atom stereocenters. The predicted octanol–water partition coefficient (Wildman–Crippen LogP) is 5.76. The van der Waals surface area contributed by atoms with Crippen LogP contribution in [0.5, 0.6) is 0 Å². The second kappa shape index (κ2) is 8.77. The highest BCUT2D eigenvalue weighted by Crippen LogP contribution is 2.29.